The molecule has 2 aliphatic carbocycles. The second-order valence-electron chi connectivity index (χ2n) is 4.40. The first-order chi connectivity index (χ1) is 5.75. The van der Waals surface area contributed by atoms with E-state index in [9.17, 15) is 0 Å². The van der Waals surface area contributed by atoms with Crippen LogP contribution >= 0.6 is 15.9 Å². The van der Waals surface area contributed by atoms with E-state index in [1.54, 1.807) is 0 Å². The summed E-state index contributed by atoms with van der Waals surface area (Å²) in [5.41, 5.74) is 0. The van der Waals surface area contributed by atoms with Crippen LogP contribution in [0.4, 0.5) is 0 Å². The van der Waals surface area contributed by atoms with E-state index >= 15 is 0 Å². The fraction of sp³-hybridized carbons (Fsp3) is 0.818. The monoisotopic (exact) mass is 228 g/mol. The van der Waals surface area contributed by atoms with E-state index in [2.05, 4.69) is 35.0 Å². The van der Waals surface area contributed by atoms with Gasteiger partial charge in [-0.15, -0.1) is 0 Å². The van der Waals surface area contributed by atoms with Crippen molar-refractivity contribution in [3.63, 3.8) is 0 Å². The van der Waals surface area contributed by atoms with Crippen molar-refractivity contribution in [2.24, 2.45) is 17.8 Å². The van der Waals surface area contributed by atoms with Crippen molar-refractivity contribution in [3.05, 3.63) is 12.2 Å². The van der Waals surface area contributed by atoms with Crippen LogP contribution < -0.4 is 0 Å². The van der Waals surface area contributed by atoms with Crippen LogP contribution in [0, 0.1) is 17.8 Å². The fourth-order valence-electron chi connectivity index (χ4n) is 2.67. The molecule has 0 N–H and O–H groups in total. The highest BCUT2D eigenvalue weighted by Crippen LogP contribution is 2.45. The number of alkyl halides is 1. The molecule has 0 aromatic carbocycles. The number of fused-ring (bicyclic) bond motifs is 2. The Bertz CT molecular complexity index is 183. The van der Waals surface area contributed by atoms with Gasteiger partial charge in [-0.2, -0.15) is 0 Å². The predicted molar refractivity (Wildman–Crippen MR) is 56.5 cm³/mol. The maximum absolute atomic E-state index is 3.62. The van der Waals surface area contributed by atoms with Gasteiger partial charge in [0.05, 0.1) is 0 Å². The van der Waals surface area contributed by atoms with E-state index in [1.807, 2.05) is 0 Å². The minimum absolute atomic E-state index is 0.709. The Morgan fingerprint density at radius 3 is 2.75 bits per heavy atom. The van der Waals surface area contributed by atoms with E-state index < -0.39 is 0 Å². The lowest BCUT2D eigenvalue weighted by atomic mass is 9.89. The molecule has 0 aromatic heterocycles. The fourth-order valence-corrected chi connectivity index (χ4v) is 2.93. The zero-order valence-corrected chi connectivity index (χ0v) is 9.26. The molecule has 4 atom stereocenters. The van der Waals surface area contributed by atoms with Gasteiger partial charge in [-0.05, 0) is 43.4 Å². The van der Waals surface area contributed by atoms with Crippen molar-refractivity contribution in [2.75, 3.05) is 0 Å². The zero-order valence-electron chi connectivity index (χ0n) is 7.67. The number of allylic oxidation sites excluding steroid dienone is 2. The SMILES string of the molecule is CC(Br)CCC1CC2C=CC1C2. The Morgan fingerprint density at radius 1 is 1.42 bits per heavy atom. The van der Waals surface area contributed by atoms with E-state index in [1.165, 1.54) is 25.7 Å². The summed E-state index contributed by atoms with van der Waals surface area (Å²) in [6.45, 7) is 2.25. The van der Waals surface area contributed by atoms with Crippen LogP contribution in [0.5, 0.6) is 0 Å². The molecule has 1 heteroatoms. The maximum Gasteiger partial charge on any atom is 0.0117 e. The van der Waals surface area contributed by atoms with Crippen LogP contribution in [0.3, 0.4) is 0 Å². The average molecular weight is 229 g/mol. The van der Waals surface area contributed by atoms with Gasteiger partial charge in [-0.3, -0.25) is 0 Å². The number of rotatable bonds is 3. The summed E-state index contributed by atoms with van der Waals surface area (Å²) in [4.78, 5) is 0.709. The summed E-state index contributed by atoms with van der Waals surface area (Å²) < 4.78 is 0. The summed E-state index contributed by atoms with van der Waals surface area (Å²) in [5.74, 6) is 2.91. The van der Waals surface area contributed by atoms with Crippen LogP contribution in [-0.2, 0) is 0 Å². The predicted octanol–water partition coefficient (Wildman–Crippen LogP) is 3.76. The zero-order chi connectivity index (χ0) is 8.55. The van der Waals surface area contributed by atoms with E-state index in [0.717, 1.165) is 17.8 Å². The van der Waals surface area contributed by atoms with E-state index in [-0.39, 0.29) is 0 Å². The molecule has 0 heterocycles. The third kappa shape index (κ3) is 1.76. The number of halogens is 1. The van der Waals surface area contributed by atoms with Crippen molar-refractivity contribution in [3.8, 4) is 0 Å². The minimum Gasteiger partial charge on any atom is -0.0894 e. The summed E-state index contributed by atoms with van der Waals surface area (Å²) in [6, 6.07) is 0. The van der Waals surface area contributed by atoms with E-state index in [4.69, 9.17) is 0 Å². The molecule has 0 nitrogen and oxygen atoms in total. The molecule has 2 bridgehead atoms. The van der Waals surface area contributed by atoms with Gasteiger partial charge in [0.1, 0.15) is 0 Å². The highest BCUT2D eigenvalue weighted by molar-refractivity contribution is 9.09. The summed E-state index contributed by atoms with van der Waals surface area (Å²) in [7, 11) is 0. The molecule has 0 saturated heterocycles. The Labute approximate surface area is 83.6 Å². The molecule has 68 valence electrons. The lowest BCUT2D eigenvalue weighted by Gasteiger charge is -2.18. The molecule has 2 rings (SSSR count). The first-order valence-corrected chi connectivity index (χ1v) is 5.99. The first-order valence-electron chi connectivity index (χ1n) is 5.08. The Hall–Kier alpha value is 0.220. The van der Waals surface area contributed by atoms with Crippen LogP contribution in [0.15, 0.2) is 12.2 Å². The highest BCUT2D eigenvalue weighted by Gasteiger charge is 2.34. The third-order valence-corrected chi connectivity index (χ3v) is 3.81. The Balaban J connectivity index is 1.80. The van der Waals surface area contributed by atoms with Gasteiger partial charge in [-0.25, -0.2) is 0 Å². The highest BCUT2D eigenvalue weighted by atomic mass is 79.9. The van der Waals surface area contributed by atoms with Crippen molar-refractivity contribution < 1.29 is 0 Å². The molecule has 0 spiro atoms. The van der Waals surface area contributed by atoms with Gasteiger partial charge in [0, 0.05) is 4.83 Å². The van der Waals surface area contributed by atoms with Crippen LogP contribution in [0.1, 0.15) is 32.6 Å². The van der Waals surface area contributed by atoms with Crippen LogP contribution in [0.25, 0.3) is 0 Å². The molecular formula is C11H17Br. The summed E-state index contributed by atoms with van der Waals surface area (Å²) in [6.07, 6.45) is 10.6. The van der Waals surface area contributed by atoms with Gasteiger partial charge in [0.2, 0.25) is 0 Å². The summed E-state index contributed by atoms with van der Waals surface area (Å²) in [5, 5.41) is 0. The second-order valence-corrected chi connectivity index (χ2v) is 5.96. The van der Waals surface area contributed by atoms with Gasteiger partial charge < -0.3 is 0 Å². The smallest absolute Gasteiger partial charge is 0.0117 e. The minimum atomic E-state index is 0.709. The molecule has 0 aromatic rings. The maximum atomic E-state index is 3.62. The quantitative estimate of drug-likeness (QED) is 0.510. The lowest BCUT2D eigenvalue weighted by molar-refractivity contribution is 0.405. The number of hydrogen-bond donors (Lipinski definition) is 0. The van der Waals surface area contributed by atoms with Gasteiger partial charge in [0.15, 0.2) is 0 Å². The average Bonchev–Trinajstić information content (AvgIpc) is 2.60. The van der Waals surface area contributed by atoms with Crippen LogP contribution in [-0.4, -0.2) is 4.83 Å². The van der Waals surface area contributed by atoms with E-state index in [0.29, 0.717) is 4.83 Å². The van der Waals surface area contributed by atoms with Crippen molar-refractivity contribution in [1.29, 1.82) is 0 Å². The van der Waals surface area contributed by atoms with Crippen molar-refractivity contribution in [2.45, 2.75) is 37.4 Å². The molecule has 2 aliphatic rings. The molecule has 1 fully saturated rings. The second kappa shape index (κ2) is 3.53. The molecule has 0 amide bonds. The molecule has 12 heavy (non-hydrogen) atoms. The molecule has 4 unspecified atom stereocenters. The van der Waals surface area contributed by atoms with Gasteiger partial charge >= 0.3 is 0 Å². The first kappa shape index (κ1) is 8.80. The van der Waals surface area contributed by atoms with Crippen molar-refractivity contribution in [1.82, 2.24) is 0 Å². The molecular weight excluding hydrogens is 212 g/mol. The Kier molecular flexibility index (Phi) is 2.59. The van der Waals surface area contributed by atoms with Crippen molar-refractivity contribution >= 4 is 15.9 Å². The van der Waals surface area contributed by atoms with Crippen LogP contribution in [0.2, 0.25) is 0 Å². The molecule has 0 aliphatic heterocycles. The largest absolute Gasteiger partial charge is 0.0894 e. The molecule has 0 radical (unpaired) electrons. The number of hydrogen-bond acceptors (Lipinski definition) is 0. The normalized spacial score (nSPS) is 40.7. The standard InChI is InChI=1S/C11H17Br/c1-8(12)2-4-10-6-9-3-5-11(10)7-9/h3,5,8-11H,2,4,6-7H2,1H3. The van der Waals surface area contributed by atoms with Gasteiger partial charge in [0.25, 0.3) is 0 Å². The topological polar surface area (TPSA) is 0 Å². The third-order valence-electron chi connectivity index (χ3n) is 3.35. The summed E-state index contributed by atoms with van der Waals surface area (Å²) >= 11 is 3.62. The van der Waals surface area contributed by atoms with Gasteiger partial charge in [-0.1, -0.05) is 35.0 Å². The Morgan fingerprint density at radius 2 is 2.25 bits per heavy atom. The lowest BCUT2D eigenvalue weighted by Crippen LogP contribution is -2.08. The molecule has 1 saturated carbocycles.